The third-order valence-corrected chi connectivity index (χ3v) is 14.0. The molecule has 0 amide bonds. The number of nitrogens with one attached hydrogen (secondary N) is 3. The van der Waals surface area contributed by atoms with Gasteiger partial charge in [0.05, 0.1) is 36.5 Å². The molecule has 14 heteroatoms. The number of fused-ring (bicyclic) bond motifs is 15. The van der Waals surface area contributed by atoms with Crippen LogP contribution in [0.2, 0.25) is 0 Å². The van der Waals surface area contributed by atoms with E-state index in [-0.39, 0.29) is 24.0 Å². The molecular weight excluding hydrogens is 713 g/mol. The van der Waals surface area contributed by atoms with Crippen LogP contribution in [0.3, 0.4) is 0 Å². The Balaban J connectivity index is 1.25. The molecule has 6 aliphatic heterocycles. The molecule has 5 N–H and O–H groups in total. The number of rotatable bonds is 3. The fourth-order valence-electron chi connectivity index (χ4n) is 10.4. The van der Waals surface area contributed by atoms with E-state index in [9.17, 15) is 15.0 Å². The standard InChI is InChI=1S/C40H42N4O9S/c1-6-25-27-28(32(52-19(4)45)18(3)33-34(27)51-16-50-33)40(36-29-26-20(13-17(2)31(49-5)30(26)46)14-24(42-29)37(47)44(25)36)53-38(48)39(15-54-40)35-22(11-12-41-39)21-9-7-8-10-23(21)43-35/h7-10,13,24-25,29,36-37,41-43,46-47H,6,11-12,14-16H2,1-5H3/t24-,25+,29-,36-,37+,39-,40-/m1/s1. The van der Waals surface area contributed by atoms with E-state index >= 15 is 4.79 Å². The maximum atomic E-state index is 15.3. The van der Waals surface area contributed by atoms with Gasteiger partial charge in [-0.1, -0.05) is 31.2 Å². The number of hydrogen-bond acceptors (Lipinski definition) is 13. The molecule has 13 nitrogen and oxygen atoms in total. The average Bonchev–Trinajstić information content (AvgIpc) is 3.80. The average molecular weight is 755 g/mol. The monoisotopic (exact) mass is 754 g/mol. The van der Waals surface area contributed by atoms with E-state index in [1.807, 2.05) is 49.9 Å². The Morgan fingerprint density at radius 3 is 2.70 bits per heavy atom. The number of aliphatic hydroxyl groups excluding tert-OH is 1. The van der Waals surface area contributed by atoms with Gasteiger partial charge < -0.3 is 44.2 Å². The number of esters is 2. The second kappa shape index (κ2) is 11.8. The molecular formula is C40H42N4O9S. The highest BCUT2D eigenvalue weighted by molar-refractivity contribution is 8.00. The van der Waals surface area contributed by atoms with E-state index in [0.29, 0.717) is 58.9 Å². The fourth-order valence-corrected chi connectivity index (χ4v) is 12.1. The summed E-state index contributed by atoms with van der Waals surface area (Å²) in [6.07, 6.45) is 0.655. The Morgan fingerprint density at radius 1 is 1.15 bits per heavy atom. The van der Waals surface area contributed by atoms with Crippen molar-refractivity contribution < 1.29 is 43.5 Å². The van der Waals surface area contributed by atoms with Gasteiger partial charge in [-0.15, -0.1) is 11.8 Å². The van der Waals surface area contributed by atoms with Crippen LogP contribution in [0, 0.1) is 13.8 Å². The molecule has 0 radical (unpaired) electrons. The van der Waals surface area contributed by atoms with Crippen LogP contribution in [0.5, 0.6) is 28.7 Å². The van der Waals surface area contributed by atoms with Crippen LogP contribution >= 0.6 is 11.8 Å². The molecule has 10 rings (SSSR count). The molecule has 282 valence electrons. The topological polar surface area (TPSA) is 164 Å². The number of H-pyrrole nitrogens is 1. The van der Waals surface area contributed by atoms with Crippen LogP contribution in [0.1, 0.15) is 77.0 Å². The van der Waals surface area contributed by atoms with Crippen molar-refractivity contribution in [2.45, 2.75) is 87.8 Å². The molecule has 0 unspecified atom stereocenters. The van der Waals surface area contributed by atoms with Crippen LogP contribution in [0.15, 0.2) is 30.3 Å². The maximum absolute atomic E-state index is 15.3. The first-order valence-corrected chi connectivity index (χ1v) is 19.5. The summed E-state index contributed by atoms with van der Waals surface area (Å²) in [5, 5.41) is 32.8. The number of aryl methyl sites for hydroxylation is 1. The number of piperazine rings is 1. The summed E-state index contributed by atoms with van der Waals surface area (Å²) in [7, 11) is 1.53. The molecule has 0 aliphatic carbocycles. The minimum atomic E-state index is -1.60. The van der Waals surface area contributed by atoms with Gasteiger partial charge in [-0.3, -0.25) is 15.0 Å². The second-order valence-corrected chi connectivity index (χ2v) is 16.4. The summed E-state index contributed by atoms with van der Waals surface area (Å²) < 4.78 is 31.2. The molecule has 2 bridgehead atoms. The number of methoxy groups -OCH3 is 1. The summed E-state index contributed by atoms with van der Waals surface area (Å²) >= 11 is 1.43. The van der Waals surface area contributed by atoms with Crippen molar-refractivity contribution in [2.75, 3.05) is 26.2 Å². The predicted octanol–water partition coefficient (Wildman–Crippen LogP) is 4.36. The Morgan fingerprint density at radius 2 is 1.94 bits per heavy atom. The molecule has 2 spiro atoms. The van der Waals surface area contributed by atoms with E-state index in [0.717, 1.165) is 39.7 Å². The summed E-state index contributed by atoms with van der Waals surface area (Å²) in [6, 6.07) is 7.66. The van der Waals surface area contributed by atoms with Gasteiger partial charge in [-0.25, -0.2) is 4.79 Å². The van der Waals surface area contributed by atoms with Gasteiger partial charge in [0.25, 0.3) is 0 Å². The quantitative estimate of drug-likeness (QED) is 0.148. The van der Waals surface area contributed by atoms with Crippen LogP contribution in [0.4, 0.5) is 0 Å². The van der Waals surface area contributed by atoms with E-state index in [1.54, 1.807) is 0 Å². The van der Waals surface area contributed by atoms with Crippen molar-refractivity contribution in [2.24, 2.45) is 0 Å². The molecule has 7 atom stereocenters. The smallest absolute Gasteiger partial charge is 0.335 e. The zero-order chi connectivity index (χ0) is 37.4. The van der Waals surface area contributed by atoms with Gasteiger partial charge in [0, 0.05) is 52.9 Å². The van der Waals surface area contributed by atoms with E-state index in [4.69, 9.17) is 23.7 Å². The highest BCUT2D eigenvalue weighted by Gasteiger charge is 2.69. The van der Waals surface area contributed by atoms with E-state index < -0.39 is 52.8 Å². The number of phenols is 1. The number of aromatic nitrogens is 1. The van der Waals surface area contributed by atoms with Crippen LogP contribution in [-0.4, -0.2) is 76.5 Å². The highest BCUT2D eigenvalue weighted by Crippen LogP contribution is 2.67. The number of aliphatic hydroxyl groups is 1. The summed E-state index contributed by atoms with van der Waals surface area (Å²) in [6.45, 7) is 7.57. The van der Waals surface area contributed by atoms with Crippen LogP contribution < -0.4 is 29.6 Å². The van der Waals surface area contributed by atoms with Gasteiger partial charge in [0.2, 0.25) is 11.7 Å². The summed E-state index contributed by atoms with van der Waals surface area (Å²) in [4.78, 5) is 32.3. The van der Waals surface area contributed by atoms with Crippen molar-refractivity contribution in [3.8, 4) is 28.7 Å². The first-order chi connectivity index (χ1) is 26.0. The number of thioether (sulfide) groups is 1. The van der Waals surface area contributed by atoms with Crippen molar-refractivity contribution in [1.82, 2.24) is 20.5 Å². The fraction of sp³-hybridized carbons (Fsp3) is 0.450. The Bertz CT molecular complexity index is 2310. The minimum Gasteiger partial charge on any atom is -0.504 e. The highest BCUT2D eigenvalue weighted by atomic mass is 32.2. The minimum absolute atomic E-state index is 0.00358. The van der Waals surface area contributed by atoms with Crippen LogP contribution in [-0.2, 0) is 37.6 Å². The molecule has 2 fully saturated rings. The summed E-state index contributed by atoms with van der Waals surface area (Å²) in [5.74, 6) is 0.698. The molecule has 2 saturated heterocycles. The molecule has 54 heavy (non-hydrogen) atoms. The second-order valence-electron chi connectivity index (χ2n) is 15.2. The first-order valence-electron chi connectivity index (χ1n) is 18.5. The zero-order valence-electron chi connectivity index (χ0n) is 30.6. The van der Waals surface area contributed by atoms with Gasteiger partial charge in [0.15, 0.2) is 28.5 Å². The number of ether oxygens (including phenoxy) is 5. The van der Waals surface area contributed by atoms with Crippen molar-refractivity contribution >= 4 is 34.6 Å². The number of hydrogen-bond donors (Lipinski definition) is 5. The number of benzene rings is 3. The van der Waals surface area contributed by atoms with E-state index in [1.165, 1.54) is 25.8 Å². The normalized spacial score (nSPS) is 30.4. The van der Waals surface area contributed by atoms with Crippen molar-refractivity contribution in [3.05, 3.63) is 75.0 Å². The molecule has 7 heterocycles. The number of carbonyl (C=O) groups is 2. The number of phenolic OH excluding ortho intramolecular Hbond substituents is 1. The first kappa shape index (κ1) is 34.1. The molecule has 3 aromatic carbocycles. The third-order valence-electron chi connectivity index (χ3n) is 12.5. The van der Waals surface area contributed by atoms with E-state index in [2.05, 4.69) is 21.7 Å². The van der Waals surface area contributed by atoms with Gasteiger partial charge in [0.1, 0.15) is 12.0 Å². The Kier molecular flexibility index (Phi) is 7.42. The van der Waals surface area contributed by atoms with Gasteiger partial charge in [-0.05, 0) is 55.9 Å². The van der Waals surface area contributed by atoms with Gasteiger partial charge >= 0.3 is 11.9 Å². The van der Waals surface area contributed by atoms with Crippen molar-refractivity contribution in [1.29, 1.82) is 0 Å². The number of nitrogens with zero attached hydrogens (tertiary/aromatic N) is 1. The lowest BCUT2D eigenvalue weighted by atomic mass is 9.72. The summed E-state index contributed by atoms with van der Waals surface area (Å²) in [5.41, 5.74) is 5.49. The number of aromatic amines is 1. The Labute approximate surface area is 315 Å². The third kappa shape index (κ3) is 4.25. The molecule has 1 aromatic heterocycles. The van der Waals surface area contributed by atoms with Crippen molar-refractivity contribution in [3.63, 3.8) is 0 Å². The van der Waals surface area contributed by atoms with Gasteiger partial charge in [-0.2, -0.15) is 0 Å². The molecule has 0 saturated carbocycles. The predicted molar refractivity (Wildman–Crippen MR) is 198 cm³/mol. The lowest BCUT2D eigenvalue weighted by Gasteiger charge is -2.63. The lowest BCUT2D eigenvalue weighted by molar-refractivity contribution is -0.197. The van der Waals surface area contributed by atoms with Crippen LogP contribution in [0.25, 0.3) is 10.9 Å². The number of aromatic hydroxyl groups is 1. The largest absolute Gasteiger partial charge is 0.504 e. The molecule has 4 aromatic rings. The number of para-hydroxylation sites is 1. The zero-order valence-corrected chi connectivity index (χ0v) is 31.4. The number of carbonyl (C=O) groups excluding carboxylic acids is 2. The Hall–Kier alpha value is -4.47. The lowest BCUT2D eigenvalue weighted by Crippen LogP contribution is -2.74. The maximum Gasteiger partial charge on any atom is 0.335 e. The molecule has 6 aliphatic rings. The SMILES string of the molecule is CC[C@H]1c2c3c(c(C)c(OC(C)=O)c2[C@]2(OC(=O)[C@]4(CS2)NCCc2c4[nH]c4ccccc24)[C@H]2[C@@H]4N[C@H](Cc5cc(C)c(OC)c(O)c54)[C@H](O)N12)OCO3.